The number of piperazine rings is 1. The van der Waals surface area contributed by atoms with E-state index >= 15 is 8.78 Å². The van der Waals surface area contributed by atoms with Gasteiger partial charge in [0.1, 0.15) is 40.4 Å². The van der Waals surface area contributed by atoms with Crippen molar-refractivity contribution in [1.82, 2.24) is 20.2 Å². The van der Waals surface area contributed by atoms with Gasteiger partial charge in [-0.25, -0.2) is 13.6 Å². The highest BCUT2D eigenvalue weighted by molar-refractivity contribution is 7.23. The van der Waals surface area contributed by atoms with Gasteiger partial charge in [0.15, 0.2) is 5.82 Å². The smallest absolute Gasteiger partial charge is 0.412 e. The number of amides is 1. The summed E-state index contributed by atoms with van der Waals surface area (Å²) in [7, 11) is 0. The van der Waals surface area contributed by atoms with Crippen molar-refractivity contribution in [2.24, 2.45) is 0 Å². The molecule has 4 saturated heterocycles. The monoisotopic (exact) mass is 721 g/mol. The maximum absolute atomic E-state index is 17.2. The number of nitriles is 1. The first-order valence-electron chi connectivity index (χ1n) is 17.2. The van der Waals surface area contributed by atoms with E-state index in [1.807, 2.05) is 0 Å². The number of aromatic nitrogens is 2. The Labute approximate surface area is 297 Å². The topological polar surface area (TPSA) is 116 Å². The highest BCUT2D eigenvalue weighted by Gasteiger charge is 2.45. The molecule has 4 aliphatic heterocycles. The van der Waals surface area contributed by atoms with Crippen LogP contribution in [0.5, 0.6) is 6.01 Å². The van der Waals surface area contributed by atoms with E-state index in [4.69, 9.17) is 26.1 Å². The zero-order chi connectivity index (χ0) is 34.9. The molecule has 0 spiro atoms. The average molecular weight is 722 g/mol. The van der Waals surface area contributed by atoms with Crippen LogP contribution in [-0.2, 0) is 4.74 Å². The molecule has 6 heterocycles. The lowest BCUT2D eigenvalue weighted by Gasteiger charge is -2.35. The number of halogens is 3. The molecule has 0 radical (unpaired) electrons. The van der Waals surface area contributed by atoms with Gasteiger partial charge in [0, 0.05) is 41.5 Å². The molecule has 4 aromatic rings. The minimum atomic E-state index is -0.799. The highest BCUT2D eigenvalue weighted by atomic mass is 35.5. The van der Waals surface area contributed by atoms with Crippen LogP contribution in [0.2, 0.25) is 5.02 Å². The fraction of sp³-hybridized carbons (Fsp3) is 0.500. The van der Waals surface area contributed by atoms with Gasteiger partial charge in [-0.05, 0) is 90.1 Å². The Bertz CT molecular complexity index is 2060. The molecular formula is C36H38ClF2N7O3S. The summed E-state index contributed by atoms with van der Waals surface area (Å²) in [4.78, 5) is 26.9. The minimum absolute atomic E-state index is 0.0263. The molecule has 2 unspecified atom stereocenters. The van der Waals surface area contributed by atoms with Gasteiger partial charge in [-0.3, -0.25) is 10.2 Å². The first kappa shape index (κ1) is 33.3. The van der Waals surface area contributed by atoms with Crippen molar-refractivity contribution in [3.63, 3.8) is 0 Å². The van der Waals surface area contributed by atoms with Crippen LogP contribution in [0.4, 0.5) is 24.4 Å². The second kappa shape index (κ2) is 12.4. The van der Waals surface area contributed by atoms with Crippen molar-refractivity contribution in [3.05, 3.63) is 40.4 Å². The molecule has 4 aliphatic rings. The van der Waals surface area contributed by atoms with Crippen LogP contribution in [0, 0.1) is 23.0 Å². The number of benzene rings is 2. The Morgan fingerprint density at radius 1 is 1.18 bits per heavy atom. The fourth-order valence-electron chi connectivity index (χ4n) is 8.31. The van der Waals surface area contributed by atoms with E-state index in [-0.39, 0.29) is 53.9 Å². The Hall–Kier alpha value is -3.83. The number of carbonyl (C=O) groups excluding carboxylic acids is 1. The third-order valence-corrected chi connectivity index (χ3v) is 11.8. The molecule has 0 aliphatic carbocycles. The molecule has 0 saturated carbocycles. The highest BCUT2D eigenvalue weighted by Crippen LogP contribution is 2.47. The van der Waals surface area contributed by atoms with Crippen molar-refractivity contribution in [2.45, 2.75) is 82.5 Å². The van der Waals surface area contributed by atoms with E-state index < -0.39 is 23.3 Å². The van der Waals surface area contributed by atoms with Crippen LogP contribution in [0.3, 0.4) is 0 Å². The Kier molecular flexibility index (Phi) is 8.29. The number of ether oxygens (including phenoxy) is 2. The molecule has 262 valence electrons. The normalized spacial score (nSPS) is 21.5. The Morgan fingerprint density at radius 3 is 2.58 bits per heavy atom. The van der Waals surface area contributed by atoms with Crippen molar-refractivity contribution < 1.29 is 23.0 Å². The van der Waals surface area contributed by atoms with E-state index in [1.54, 1.807) is 26.8 Å². The minimum Gasteiger partial charge on any atom is -0.461 e. The predicted octanol–water partition coefficient (Wildman–Crippen LogP) is 7.61. The van der Waals surface area contributed by atoms with Crippen LogP contribution in [0.1, 0.15) is 64.9 Å². The van der Waals surface area contributed by atoms with Gasteiger partial charge in [-0.15, -0.1) is 11.3 Å². The van der Waals surface area contributed by atoms with Gasteiger partial charge < -0.3 is 19.7 Å². The average Bonchev–Trinajstić information content (AvgIpc) is 3.82. The lowest BCUT2D eigenvalue weighted by Crippen LogP contribution is -2.51. The lowest BCUT2D eigenvalue weighted by molar-refractivity contribution is 0.0636. The van der Waals surface area contributed by atoms with Crippen LogP contribution in [0.25, 0.3) is 32.1 Å². The van der Waals surface area contributed by atoms with Gasteiger partial charge in [0.2, 0.25) is 0 Å². The number of nitrogens with zero attached hydrogens (tertiary/aromatic N) is 5. The van der Waals surface area contributed by atoms with Crippen LogP contribution >= 0.6 is 22.9 Å². The van der Waals surface area contributed by atoms with Crippen molar-refractivity contribution >= 4 is 60.8 Å². The third kappa shape index (κ3) is 5.80. The number of anilines is 2. The van der Waals surface area contributed by atoms with E-state index in [0.717, 1.165) is 63.0 Å². The van der Waals surface area contributed by atoms with Gasteiger partial charge >= 0.3 is 12.1 Å². The van der Waals surface area contributed by atoms with Crippen LogP contribution < -0.4 is 20.3 Å². The summed E-state index contributed by atoms with van der Waals surface area (Å²) in [5.41, 5.74) is -0.692. The molecular weight excluding hydrogens is 684 g/mol. The van der Waals surface area contributed by atoms with E-state index in [2.05, 4.69) is 31.5 Å². The van der Waals surface area contributed by atoms with Crippen molar-refractivity contribution in [3.8, 4) is 23.2 Å². The molecule has 2 aromatic heterocycles. The number of carbonyl (C=O) groups is 1. The summed E-state index contributed by atoms with van der Waals surface area (Å²) in [5, 5.41) is 17.2. The number of hydrogen-bond donors (Lipinski definition) is 2. The number of fused-ring (bicyclic) bond motifs is 5. The second-order valence-corrected chi connectivity index (χ2v) is 16.3. The summed E-state index contributed by atoms with van der Waals surface area (Å²) < 4.78 is 44.4. The second-order valence-electron chi connectivity index (χ2n) is 14.9. The lowest BCUT2D eigenvalue weighted by atomic mass is 9.95. The Balaban J connectivity index is 1.26. The molecule has 2 aromatic carbocycles. The Morgan fingerprint density at radius 2 is 1.90 bits per heavy atom. The van der Waals surface area contributed by atoms with Crippen LogP contribution in [0.15, 0.2) is 18.2 Å². The van der Waals surface area contributed by atoms with E-state index in [0.29, 0.717) is 43.0 Å². The predicted molar refractivity (Wildman–Crippen MR) is 190 cm³/mol. The SMILES string of the molecule is CC(C)(C)OC(=O)Nc1sc2c(F)ccc(-c3c(Cl)cc4c(N5CC6CCC(C5)N6)nc(OCC56CCCN5CCC6)nc4c3F)c2c1C#N. The van der Waals surface area contributed by atoms with Gasteiger partial charge in [0.25, 0.3) is 0 Å². The molecule has 2 atom stereocenters. The largest absolute Gasteiger partial charge is 0.461 e. The molecule has 8 rings (SSSR count). The summed E-state index contributed by atoms with van der Waals surface area (Å²) in [6, 6.07) is 7.04. The number of nitrogens with one attached hydrogen (secondary N) is 2. The molecule has 2 bridgehead atoms. The first-order valence-corrected chi connectivity index (χ1v) is 18.4. The van der Waals surface area contributed by atoms with Gasteiger partial charge in [-0.1, -0.05) is 17.7 Å². The number of rotatable bonds is 6. The van der Waals surface area contributed by atoms with Crippen molar-refractivity contribution in [1.29, 1.82) is 5.26 Å². The van der Waals surface area contributed by atoms with Crippen LogP contribution in [-0.4, -0.2) is 77.0 Å². The summed E-state index contributed by atoms with van der Waals surface area (Å²) in [5.74, 6) is -0.796. The number of thiophene rings is 1. The van der Waals surface area contributed by atoms with Crippen molar-refractivity contribution in [2.75, 3.05) is 43.0 Å². The van der Waals surface area contributed by atoms with E-state index in [1.165, 1.54) is 12.1 Å². The number of hydrogen-bond acceptors (Lipinski definition) is 10. The standard InChI is InChI=1S/C36H38ClF2N7O3S/c1-35(2,3)49-34(47)44-32-23(15-40)26-21(8-9-25(38)30(26)50-32)27-24(37)14-22-29(28(27)39)42-33(48-18-36-10-4-12-46(36)13-5-11-36)43-31(22)45-16-19-6-7-20(17-45)41-19/h8-9,14,19-20,41H,4-7,10-13,16-18H2,1-3H3,(H,44,47). The molecule has 10 nitrogen and oxygen atoms in total. The molecule has 2 N–H and O–H groups in total. The maximum atomic E-state index is 17.2. The molecule has 14 heteroatoms. The molecule has 1 amide bonds. The molecule has 4 fully saturated rings. The fourth-order valence-corrected chi connectivity index (χ4v) is 9.68. The first-order chi connectivity index (χ1) is 23.9. The zero-order valence-corrected chi connectivity index (χ0v) is 29.7. The summed E-state index contributed by atoms with van der Waals surface area (Å²) in [6.07, 6.45) is 5.61. The quantitative estimate of drug-likeness (QED) is 0.208. The zero-order valence-electron chi connectivity index (χ0n) is 28.2. The maximum Gasteiger partial charge on any atom is 0.412 e. The summed E-state index contributed by atoms with van der Waals surface area (Å²) >= 11 is 7.82. The van der Waals surface area contributed by atoms with Gasteiger partial charge in [0.05, 0.1) is 20.8 Å². The summed E-state index contributed by atoms with van der Waals surface area (Å²) in [6.45, 7) is 9.03. The van der Waals surface area contributed by atoms with Gasteiger partial charge in [-0.2, -0.15) is 15.2 Å². The molecule has 50 heavy (non-hydrogen) atoms. The van der Waals surface area contributed by atoms with E-state index in [9.17, 15) is 10.1 Å². The third-order valence-electron chi connectivity index (χ3n) is 10.4.